The van der Waals surface area contributed by atoms with Gasteiger partial charge in [0.05, 0.1) is 13.2 Å². The Balaban J connectivity index is 1.32. The van der Waals surface area contributed by atoms with Crippen molar-refractivity contribution in [2.75, 3.05) is 6.61 Å². The van der Waals surface area contributed by atoms with Crippen LogP contribution in [-0.4, -0.2) is 33.0 Å². The summed E-state index contributed by atoms with van der Waals surface area (Å²) < 4.78 is 19.6. The van der Waals surface area contributed by atoms with Gasteiger partial charge >= 0.3 is 11.7 Å². The number of para-hydroxylation sites is 1. The molecule has 1 unspecified atom stereocenters. The second kappa shape index (κ2) is 12.8. The van der Waals surface area contributed by atoms with Crippen LogP contribution < -0.4 is 15.2 Å². The first-order chi connectivity index (χ1) is 18.4. The number of hydrogen-bond acceptors (Lipinski definition) is 6. The van der Waals surface area contributed by atoms with E-state index in [0.29, 0.717) is 31.1 Å². The number of aryl methyl sites for hydroxylation is 2. The Morgan fingerprint density at radius 2 is 1.63 bits per heavy atom. The quantitative estimate of drug-likeness (QED) is 0.249. The SMILES string of the molecule is CCOC(=O)C(C)Oc1ccc(CCCc2nn(Cc3cccc(Oc4ccccc4)c3)c(=O)n2C)cc1. The summed E-state index contributed by atoms with van der Waals surface area (Å²) in [5, 5.41) is 4.59. The zero-order valence-corrected chi connectivity index (χ0v) is 22.0. The van der Waals surface area contributed by atoms with E-state index >= 15 is 0 Å². The Hall–Kier alpha value is -4.33. The number of rotatable bonds is 12. The van der Waals surface area contributed by atoms with E-state index in [9.17, 15) is 9.59 Å². The molecule has 0 N–H and O–H groups in total. The third-order valence-electron chi connectivity index (χ3n) is 6.06. The highest BCUT2D eigenvalue weighted by molar-refractivity contribution is 5.74. The van der Waals surface area contributed by atoms with Gasteiger partial charge in [-0.25, -0.2) is 14.3 Å². The molecule has 198 valence electrons. The molecule has 0 spiro atoms. The summed E-state index contributed by atoms with van der Waals surface area (Å²) in [6.45, 7) is 4.13. The predicted molar refractivity (Wildman–Crippen MR) is 145 cm³/mol. The van der Waals surface area contributed by atoms with Crippen LogP contribution in [0.1, 0.15) is 37.2 Å². The minimum Gasteiger partial charge on any atom is -0.479 e. The van der Waals surface area contributed by atoms with E-state index in [0.717, 1.165) is 35.5 Å². The van der Waals surface area contributed by atoms with Crippen molar-refractivity contribution in [3.05, 3.63) is 106 Å². The molecule has 0 bridgehead atoms. The molecule has 4 aromatic rings. The van der Waals surface area contributed by atoms with Gasteiger partial charge in [-0.05, 0) is 74.2 Å². The fourth-order valence-corrected chi connectivity index (χ4v) is 4.06. The summed E-state index contributed by atoms with van der Waals surface area (Å²) in [4.78, 5) is 24.5. The largest absolute Gasteiger partial charge is 0.479 e. The summed E-state index contributed by atoms with van der Waals surface area (Å²) in [5.74, 6) is 2.46. The van der Waals surface area contributed by atoms with E-state index in [4.69, 9.17) is 14.2 Å². The molecule has 1 heterocycles. The fourth-order valence-electron chi connectivity index (χ4n) is 4.06. The monoisotopic (exact) mass is 515 g/mol. The van der Waals surface area contributed by atoms with Crippen molar-refractivity contribution in [1.82, 2.24) is 14.3 Å². The van der Waals surface area contributed by atoms with Gasteiger partial charge in [0.25, 0.3) is 0 Å². The summed E-state index contributed by atoms with van der Waals surface area (Å²) in [6.07, 6.45) is 1.68. The second-order valence-electron chi connectivity index (χ2n) is 8.99. The van der Waals surface area contributed by atoms with Gasteiger partial charge < -0.3 is 14.2 Å². The Kier molecular flexibility index (Phi) is 8.98. The molecule has 0 fully saturated rings. The molecule has 8 heteroatoms. The molecule has 4 rings (SSSR count). The maximum Gasteiger partial charge on any atom is 0.347 e. The lowest BCUT2D eigenvalue weighted by atomic mass is 10.1. The van der Waals surface area contributed by atoms with Crippen LogP contribution >= 0.6 is 0 Å². The van der Waals surface area contributed by atoms with Gasteiger partial charge in [-0.15, -0.1) is 0 Å². The standard InChI is InChI=1S/C30H33N3O5/c1-4-36-29(34)22(2)37-26-18-16-23(17-19-26)10-9-15-28-31-33(30(35)32(28)3)21-24-11-8-14-27(20-24)38-25-12-6-5-7-13-25/h5-8,11-14,16-20,22H,4,9-10,15,21H2,1-3H3. The molecule has 38 heavy (non-hydrogen) atoms. The van der Waals surface area contributed by atoms with Gasteiger partial charge in [0, 0.05) is 13.5 Å². The molecule has 0 aliphatic rings. The van der Waals surface area contributed by atoms with E-state index in [2.05, 4.69) is 5.10 Å². The number of nitrogens with zero attached hydrogens (tertiary/aromatic N) is 3. The van der Waals surface area contributed by atoms with Gasteiger partial charge in [-0.3, -0.25) is 4.57 Å². The molecule has 0 saturated carbocycles. The van der Waals surface area contributed by atoms with Crippen molar-refractivity contribution in [2.24, 2.45) is 7.05 Å². The Bertz CT molecular complexity index is 1390. The van der Waals surface area contributed by atoms with Crippen molar-refractivity contribution < 1.29 is 19.0 Å². The zero-order valence-electron chi connectivity index (χ0n) is 22.0. The molecule has 0 aliphatic heterocycles. The highest BCUT2D eigenvalue weighted by Gasteiger charge is 2.15. The third-order valence-corrected chi connectivity index (χ3v) is 6.06. The van der Waals surface area contributed by atoms with E-state index in [1.165, 1.54) is 4.68 Å². The van der Waals surface area contributed by atoms with Gasteiger partial charge in [0.2, 0.25) is 0 Å². The Morgan fingerprint density at radius 1 is 0.895 bits per heavy atom. The van der Waals surface area contributed by atoms with Crippen LogP contribution in [0.2, 0.25) is 0 Å². The number of ether oxygens (including phenoxy) is 3. The van der Waals surface area contributed by atoms with Crippen LogP contribution in [0.4, 0.5) is 0 Å². The molecule has 0 amide bonds. The number of carbonyl (C=O) groups is 1. The molecular weight excluding hydrogens is 482 g/mol. The van der Waals surface area contributed by atoms with Crippen LogP contribution in [0, 0.1) is 0 Å². The van der Waals surface area contributed by atoms with Gasteiger partial charge in [0.15, 0.2) is 6.10 Å². The molecule has 1 aromatic heterocycles. The van der Waals surface area contributed by atoms with Crippen LogP contribution in [0.25, 0.3) is 0 Å². The van der Waals surface area contributed by atoms with E-state index in [1.54, 1.807) is 25.5 Å². The summed E-state index contributed by atoms with van der Waals surface area (Å²) >= 11 is 0. The Labute approximate surface area is 222 Å². The lowest BCUT2D eigenvalue weighted by Gasteiger charge is -2.13. The first kappa shape index (κ1) is 26.7. The predicted octanol–water partition coefficient (Wildman–Crippen LogP) is 4.93. The lowest BCUT2D eigenvalue weighted by molar-refractivity contribution is -0.150. The van der Waals surface area contributed by atoms with Crippen molar-refractivity contribution in [1.29, 1.82) is 0 Å². The van der Waals surface area contributed by atoms with Crippen LogP contribution in [0.15, 0.2) is 83.7 Å². The Morgan fingerprint density at radius 3 is 2.37 bits per heavy atom. The average molecular weight is 516 g/mol. The number of aromatic nitrogens is 3. The average Bonchev–Trinajstić information content (AvgIpc) is 3.18. The van der Waals surface area contributed by atoms with Crippen molar-refractivity contribution >= 4 is 5.97 Å². The lowest BCUT2D eigenvalue weighted by Crippen LogP contribution is -2.26. The van der Waals surface area contributed by atoms with Crippen LogP contribution in [0.3, 0.4) is 0 Å². The van der Waals surface area contributed by atoms with E-state index in [1.807, 2.05) is 78.9 Å². The van der Waals surface area contributed by atoms with Crippen molar-refractivity contribution in [3.63, 3.8) is 0 Å². The summed E-state index contributed by atoms with van der Waals surface area (Å²) in [5.41, 5.74) is 1.93. The molecule has 0 aliphatic carbocycles. The molecule has 8 nitrogen and oxygen atoms in total. The highest BCUT2D eigenvalue weighted by Crippen LogP contribution is 2.22. The number of esters is 1. The first-order valence-corrected chi connectivity index (χ1v) is 12.8. The van der Waals surface area contributed by atoms with Gasteiger partial charge in [-0.2, -0.15) is 5.10 Å². The van der Waals surface area contributed by atoms with Crippen molar-refractivity contribution in [3.8, 4) is 17.2 Å². The third kappa shape index (κ3) is 7.12. The highest BCUT2D eigenvalue weighted by atomic mass is 16.6. The molecule has 0 radical (unpaired) electrons. The normalized spacial score (nSPS) is 11.7. The topological polar surface area (TPSA) is 84.6 Å². The maximum absolute atomic E-state index is 12.8. The number of benzene rings is 3. The van der Waals surface area contributed by atoms with Gasteiger partial charge in [0.1, 0.15) is 23.1 Å². The fraction of sp³-hybridized carbons (Fsp3) is 0.300. The van der Waals surface area contributed by atoms with Crippen LogP contribution in [-0.2, 0) is 36.0 Å². The number of carbonyl (C=O) groups excluding carboxylic acids is 1. The molecule has 1 atom stereocenters. The van der Waals surface area contributed by atoms with Gasteiger partial charge in [-0.1, -0.05) is 42.5 Å². The van der Waals surface area contributed by atoms with E-state index in [-0.39, 0.29) is 11.7 Å². The summed E-state index contributed by atoms with van der Waals surface area (Å²) in [6, 6.07) is 24.9. The second-order valence-corrected chi connectivity index (χ2v) is 8.99. The summed E-state index contributed by atoms with van der Waals surface area (Å²) in [7, 11) is 1.76. The number of hydrogen-bond donors (Lipinski definition) is 0. The van der Waals surface area contributed by atoms with E-state index < -0.39 is 6.10 Å². The molecular formula is C30H33N3O5. The molecule has 3 aromatic carbocycles. The zero-order chi connectivity index (χ0) is 26.9. The first-order valence-electron chi connectivity index (χ1n) is 12.8. The maximum atomic E-state index is 12.8. The minimum atomic E-state index is -0.656. The smallest absolute Gasteiger partial charge is 0.347 e. The van der Waals surface area contributed by atoms with Crippen LogP contribution in [0.5, 0.6) is 17.2 Å². The van der Waals surface area contributed by atoms with Crippen molar-refractivity contribution in [2.45, 2.75) is 45.8 Å². The minimum absolute atomic E-state index is 0.147. The molecule has 0 saturated heterocycles.